The van der Waals surface area contributed by atoms with E-state index in [0.717, 1.165) is 12.8 Å². The van der Waals surface area contributed by atoms with Crippen LogP contribution in [0.3, 0.4) is 0 Å². The molecule has 1 N–H and O–H groups in total. The van der Waals surface area contributed by atoms with Gasteiger partial charge in [0.25, 0.3) is 0 Å². The minimum Gasteiger partial charge on any atom is -0.393 e. The van der Waals surface area contributed by atoms with Crippen molar-refractivity contribution in [1.29, 1.82) is 5.26 Å². The smallest absolute Gasteiger partial charge is 0.243 e. The molecule has 3 rings (SSSR count). The Morgan fingerprint density at radius 1 is 1.35 bits per heavy atom. The first-order valence-electron chi connectivity index (χ1n) is 7.82. The van der Waals surface area contributed by atoms with E-state index in [1.54, 1.807) is 12.1 Å². The molecule has 1 aliphatic carbocycles. The van der Waals surface area contributed by atoms with Gasteiger partial charge in [0.15, 0.2) is 0 Å². The molecule has 0 spiro atoms. The summed E-state index contributed by atoms with van der Waals surface area (Å²) in [5.74, 6) is -0.0933. The largest absolute Gasteiger partial charge is 0.393 e. The molecule has 7 heteroatoms. The molecule has 0 bridgehead atoms. The molecule has 0 aromatic heterocycles. The predicted molar refractivity (Wildman–Crippen MR) is 83.0 cm³/mol. The number of ether oxygens (including phenoxy) is 1. The van der Waals surface area contributed by atoms with Crippen molar-refractivity contribution in [3.8, 4) is 6.07 Å². The molecule has 0 amide bonds. The summed E-state index contributed by atoms with van der Waals surface area (Å²) in [6.07, 6.45) is 1.93. The molecule has 0 radical (unpaired) electrons. The molecule has 23 heavy (non-hydrogen) atoms. The molecule has 1 aromatic rings. The van der Waals surface area contributed by atoms with Gasteiger partial charge in [-0.2, -0.15) is 9.57 Å². The van der Waals surface area contributed by atoms with Gasteiger partial charge in [-0.25, -0.2) is 8.42 Å². The Kier molecular flexibility index (Phi) is 4.69. The Balaban J connectivity index is 1.94. The maximum absolute atomic E-state index is 13.0. The van der Waals surface area contributed by atoms with Crippen molar-refractivity contribution in [1.82, 2.24) is 4.31 Å². The Labute approximate surface area is 136 Å². The van der Waals surface area contributed by atoms with E-state index in [9.17, 15) is 13.5 Å². The summed E-state index contributed by atoms with van der Waals surface area (Å²) in [6, 6.07) is 7.68. The third-order valence-electron chi connectivity index (χ3n) is 4.71. The lowest BCUT2D eigenvalue weighted by atomic mass is 9.96. The van der Waals surface area contributed by atoms with Crippen molar-refractivity contribution in [2.75, 3.05) is 19.8 Å². The highest BCUT2D eigenvalue weighted by molar-refractivity contribution is 7.89. The monoisotopic (exact) mass is 336 g/mol. The van der Waals surface area contributed by atoms with Crippen LogP contribution in [0.25, 0.3) is 0 Å². The van der Waals surface area contributed by atoms with Crippen LogP contribution in [-0.4, -0.2) is 49.7 Å². The Hall–Kier alpha value is -1.46. The van der Waals surface area contributed by atoms with E-state index >= 15 is 0 Å². The zero-order valence-corrected chi connectivity index (χ0v) is 13.6. The molecule has 1 heterocycles. The van der Waals surface area contributed by atoms with Gasteiger partial charge in [0, 0.05) is 12.5 Å². The number of nitrogens with zero attached hydrogens (tertiary/aromatic N) is 2. The molecule has 6 nitrogen and oxygen atoms in total. The minimum absolute atomic E-state index is 0.0933. The van der Waals surface area contributed by atoms with Crippen LogP contribution in [0, 0.1) is 17.2 Å². The summed E-state index contributed by atoms with van der Waals surface area (Å²) in [7, 11) is -3.71. The van der Waals surface area contributed by atoms with E-state index in [-0.39, 0.29) is 23.4 Å². The average Bonchev–Trinajstić information content (AvgIpc) is 3.01. The molecule has 0 unspecified atom stereocenters. The number of sulfonamides is 1. The maximum atomic E-state index is 13.0. The van der Waals surface area contributed by atoms with Crippen LogP contribution in [0.4, 0.5) is 0 Å². The summed E-state index contributed by atoms with van der Waals surface area (Å²) in [4.78, 5) is 0.121. The van der Waals surface area contributed by atoms with Crippen LogP contribution in [0.1, 0.15) is 24.8 Å². The summed E-state index contributed by atoms with van der Waals surface area (Å²) in [5, 5.41) is 19.1. The number of aliphatic hydroxyl groups is 1. The highest BCUT2D eigenvalue weighted by Gasteiger charge is 2.42. The van der Waals surface area contributed by atoms with E-state index in [1.807, 2.05) is 6.07 Å². The van der Waals surface area contributed by atoms with Crippen LogP contribution in [0.2, 0.25) is 0 Å². The maximum Gasteiger partial charge on any atom is 0.243 e. The van der Waals surface area contributed by atoms with Crippen LogP contribution < -0.4 is 0 Å². The van der Waals surface area contributed by atoms with Crippen molar-refractivity contribution < 1.29 is 18.3 Å². The van der Waals surface area contributed by atoms with Gasteiger partial charge >= 0.3 is 0 Å². The zero-order valence-electron chi connectivity index (χ0n) is 12.8. The molecule has 1 aliphatic heterocycles. The molecule has 124 valence electrons. The quantitative estimate of drug-likeness (QED) is 0.893. The first kappa shape index (κ1) is 16.4. The zero-order chi connectivity index (χ0) is 16.4. The topological polar surface area (TPSA) is 90.6 Å². The first-order chi connectivity index (χ1) is 11.0. The van der Waals surface area contributed by atoms with Gasteiger partial charge in [0.05, 0.1) is 41.9 Å². The van der Waals surface area contributed by atoms with Crippen molar-refractivity contribution in [3.63, 3.8) is 0 Å². The third-order valence-corrected chi connectivity index (χ3v) is 6.63. The first-order valence-corrected chi connectivity index (χ1v) is 9.26. The van der Waals surface area contributed by atoms with E-state index in [0.29, 0.717) is 25.2 Å². The fourth-order valence-electron chi connectivity index (χ4n) is 3.52. The van der Waals surface area contributed by atoms with Gasteiger partial charge in [-0.05, 0) is 31.0 Å². The molecule has 1 aromatic carbocycles. The summed E-state index contributed by atoms with van der Waals surface area (Å²) < 4.78 is 32.9. The number of hydrogen-bond acceptors (Lipinski definition) is 5. The number of nitriles is 1. The van der Waals surface area contributed by atoms with Crippen molar-refractivity contribution >= 4 is 10.0 Å². The average molecular weight is 336 g/mol. The number of benzene rings is 1. The third kappa shape index (κ3) is 3.12. The highest BCUT2D eigenvalue weighted by Crippen LogP contribution is 2.34. The van der Waals surface area contributed by atoms with E-state index in [1.165, 1.54) is 16.4 Å². The molecule has 1 saturated carbocycles. The molecule has 1 saturated heterocycles. The standard InChI is InChI=1S/C16H20N2O4S/c17-10-12-3-1-4-13(9-12)23(20,21)18-7-8-22-11-15(18)14-5-2-6-16(14)19/h1,3-4,9,14-16,19H,2,5-8,11H2/t14-,15+,16+/m0/s1. The van der Waals surface area contributed by atoms with Gasteiger partial charge in [-0.1, -0.05) is 12.5 Å². The normalized spacial score (nSPS) is 29.3. The lowest BCUT2D eigenvalue weighted by Crippen LogP contribution is -2.53. The number of morpholine rings is 1. The fraction of sp³-hybridized carbons (Fsp3) is 0.562. The predicted octanol–water partition coefficient (Wildman–Crippen LogP) is 1.11. The van der Waals surface area contributed by atoms with Gasteiger partial charge in [-0.15, -0.1) is 0 Å². The summed E-state index contributed by atoms with van der Waals surface area (Å²) >= 11 is 0. The van der Waals surface area contributed by atoms with Crippen molar-refractivity contribution in [2.45, 2.75) is 36.3 Å². The van der Waals surface area contributed by atoms with Gasteiger partial charge in [0.1, 0.15) is 0 Å². The number of rotatable bonds is 3. The Bertz CT molecular complexity index is 713. The van der Waals surface area contributed by atoms with Crippen molar-refractivity contribution in [2.24, 2.45) is 5.92 Å². The number of aliphatic hydroxyl groups excluding tert-OH is 1. The molecule has 3 atom stereocenters. The Morgan fingerprint density at radius 2 is 2.17 bits per heavy atom. The lowest BCUT2D eigenvalue weighted by Gasteiger charge is -2.39. The lowest BCUT2D eigenvalue weighted by molar-refractivity contribution is -0.0148. The fourth-order valence-corrected chi connectivity index (χ4v) is 5.21. The van der Waals surface area contributed by atoms with E-state index in [4.69, 9.17) is 10.00 Å². The summed E-state index contributed by atoms with van der Waals surface area (Å²) in [6.45, 7) is 0.919. The number of hydrogen-bond donors (Lipinski definition) is 1. The van der Waals surface area contributed by atoms with E-state index < -0.39 is 16.1 Å². The molecule has 2 aliphatic rings. The molecule has 2 fully saturated rings. The van der Waals surface area contributed by atoms with Gasteiger partial charge in [0.2, 0.25) is 10.0 Å². The minimum atomic E-state index is -3.71. The van der Waals surface area contributed by atoms with Crippen LogP contribution >= 0.6 is 0 Å². The van der Waals surface area contributed by atoms with Crippen LogP contribution in [0.15, 0.2) is 29.2 Å². The molecular formula is C16H20N2O4S. The van der Waals surface area contributed by atoms with Gasteiger partial charge < -0.3 is 9.84 Å². The van der Waals surface area contributed by atoms with Crippen LogP contribution in [0.5, 0.6) is 0 Å². The second-order valence-corrected chi connectivity index (χ2v) is 7.95. The van der Waals surface area contributed by atoms with Crippen molar-refractivity contribution in [3.05, 3.63) is 29.8 Å². The highest BCUT2D eigenvalue weighted by atomic mass is 32.2. The molecular weight excluding hydrogens is 316 g/mol. The second kappa shape index (κ2) is 6.57. The van der Waals surface area contributed by atoms with E-state index in [2.05, 4.69) is 0 Å². The Morgan fingerprint density at radius 3 is 2.87 bits per heavy atom. The SMILES string of the molecule is N#Cc1cccc(S(=O)(=O)N2CCOC[C@@H]2[C@@H]2CCC[C@H]2O)c1. The van der Waals surface area contributed by atoms with Crippen LogP contribution in [-0.2, 0) is 14.8 Å². The summed E-state index contributed by atoms with van der Waals surface area (Å²) in [5.41, 5.74) is 0.316. The van der Waals surface area contributed by atoms with Gasteiger partial charge in [-0.3, -0.25) is 0 Å². The second-order valence-electron chi connectivity index (χ2n) is 6.06.